The minimum Gasteiger partial charge on any atom is -0.355 e. The third-order valence-electron chi connectivity index (χ3n) is 5.44. The lowest BCUT2D eigenvalue weighted by molar-refractivity contribution is 0.0684. The van der Waals surface area contributed by atoms with Crippen molar-refractivity contribution < 1.29 is 4.79 Å². The van der Waals surface area contributed by atoms with E-state index < -0.39 is 0 Å². The zero-order chi connectivity index (χ0) is 19.8. The molecule has 0 atom stereocenters. The van der Waals surface area contributed by atoms with Crippen LogP contribution in [0.25, 0.3) is 0 Å². The summed E-state index contributed by atoms with van der Waals surface area (Å²) in [5.41, 5.74) is 1.84. The Morgan fingerprint density at radius 1 is 1.04 bits per heavy atom. The van der Waals surface area contributed by atoms with Gasteiger partial charge >= 0.3 is 0 Å². The number of amides is 1. The predicted molar refractivity (Wildman–Crippen MR) is 114 cm³/mol. The third kappa shape index (κ3) is 5.31. The standard InChI is InChI=1S/C23H32N4O/c1-3-12-26(13-4-2)22-18-24-21(17-25-22)23(28)27-14-10-20(11-15-27)16-19-8-6-5-7-9-19/h5-9,17-18,20H,3-4,10-16H2,1-2H3. The van der Waals surface area contributed by atoms with Crippen molar-refractivity contribution in [1.82, 2.24) is 14.9 Å². The summed E-state index contributed by atoms with van der Waals surface area (Å²) in [4.78, 5) is 25.9. The second-order valence-corrected chi connectivity index (χ2v) is 7.67. The summed E-state index contributed by atoms with van der Waals surface area (Å²) in [6.45, 7) is 7.86. The first-order valence-corrected chi connectivity index (χ1v) is 10.6. The van der Waals surface area contributed by atoms with Crippen molar-refractivity contribution in [3.8, 4) is 0 Å². The molecule has 5 nitrogen and oxygen atoms in total. The quantitative estimate of drug-likeness (QED) is 0.689. The molecule has 0 aliphatic carbocycles. The van der Waals surface area contributed by atoms with Crippen LogP contribution in [0.1, 0.15) is 55.6 Å². The molecule has 28 heavy (non-hydrogen) atoms. The SMILES string of the molecule is CCCN(CCC)c1cnc(C(=O)N2CCC(Cc3ccccc3)CC2)cn1. The van der Waals surface area contributed by atoms with Gasteiger partial charge in [-0.05, 0) is 43.6 Å². The van der Waals surface area contributed by atoms with Crippen LogP contribution in [0.15, 0.2) is 42.7 Å². The van der Waals surface area contributed by atoms with Crippen molar-refractivity contribution in [1.29, 1.82) is 0 Å². The van der Waals surface area contributed by atoms with Gasteiger partial charge < -0.3 is 9.80 Å². The lowest BCUT2D eigenvalue weighted by Gasteiger charge is -2.32. The lowest BCUT2D eigenvalue weighted by Crippen LogP contribution is -2.39. The molecular formula is C23H32N4O. The van der Waals surface area contributed by atoms with Crippen LogP contribution in [0.5, 0.6) is 0 Å². The Kier molecular flexibility index (Phi) is 7.40. The van der Waals surface area contributed by atoms with Crippen LogP contribution in [0, 0.1) is 5.92 Å². The van der Waals surface area contributed by atoms with Crippen LogP contribution in [0.4, 0.5) is 5.82 Å². The van der Waals surface area contributed by atoms with Crippen LogP contribution in [0.3, 0.4) is 0 Å². The van der Waals surface area contributed by atoms with E-state index in [-0.39, 0.29) is 5.91 Å². The van der Waals surface area contributed by atoms with Crippen molar-refractivity contribution in [2.75, 3.05) is 31.1 Å². The van der Waals surface area contributed by atoms with Crippen LogP contribution >= 0.6 is 0 Å². The van der Waals surface area contributed by atoms with E-state index in [1.54, 1.807) is 12.4 Å². The number of carbonyl (C=O) groups is 1. The molecule has 1 fully saturated rings. The van der Waals surface area contributed by atoms with Gasteiger partial charge in [0.2, 0.25) is 0 Å². The van der Waals surface area contributed by atoms with Crippen LogP contribution in [-0.2, 0) is 6.42 Å². The van der Waals surface area contributed by atoms with Crippen LogP contribution in [0.2, 0.25) is 0 Å². The number of benzene rings is 1. The summed E-state index contributed by atoms with van der Waals surface area (Å²) in [6.07, 6.45) is 8.73. The molecule has 2 aromatic rings. The summed E-state index contributed by atoms with van der Waals surface area (Å²) in [5, 5.41) is 0. The molecule has 1 aliphatic heterocycles. The smallest absolute Gasteiger partial charge is 0.274 e. The Hall–Kier alpha value is -2.43. The molecule has 1 aromatic carbocycles. The first kappa shape index (κ1) is 20.3. The number of rotatable bonds is 8. The van der Waals surface area contributed by atoms with Gasteiger partial charge in [-0.25, -0.2) is 9.97 Å². The van der Waals surface area contributed by atoms with Gasteiger partial charge in [0.25, 0.3) is 5.91 Å². The Morgan fingerprint density at radius 2 is 1.71 bits per heavy atom. The highest BCUT2D eigenvalue weighted by atomic mass is 16.2. The maximum absolute atomic E-state index is 12.8. The number of hydrogen-bond donors (Lipinski definition) is 0. The molecule has 0 bridgehead atoms. The van der Waals surface area contributed by atoms with E-state index in [0.717, 1.165) is 64.1 Å². The van der Waals surface area contributed by atoms with Crippen LogP contribution in [-0.4, -0.2) is 47.0 Å². The number of hydrogen-bond acceptors (Lipinski definition) is 4. The van der Waals surface area contributed by atoms with E-state index in [1.165, 1.54) is 5.56 Å². The van der Waals surface area contributed by atoms with E-state index in [1.807, 2.05) is 4.90 Å². The molecule has 0 radical (unpaired) electrons. The molecule has 1 aromatic heterocycles. The molecule has 1 saturated heterocycles. The number of anilines is 1. The van der Waals surface area contributed by atoms with Gasteiger partial charge in [0, 0.05) is 26.2 Å². The highest BCUT2D eigenvalue weighted by Crippen LogP contribution is 2.22. The normalized spacial score (nSPS) is 14.9. The topological polar surface area (TPSA) is 49.3 Å². The summed E-state index contributed by atoms with van der Waals surface area (Å²) < 4.78 is 0. The molecule has 5 heteroatoms. The average molecular weight is 381 g/mol. The lowest BCUT2D eigenvalue weighted by atomic mass is 9.90. The molecule has 0 N–H and O–H groups in total. The maximum atomic E-state index is 12.8. The first-order chi connectivity index (χ1) is 13.7. The highest BCUT2D eigenvalue weighted by molar-refractivity contribution is 5.92. The second kappa shape index (κ2) is 10.2. The number of nitrogens with zero attached hydrogens (tertiary/aromatic N) is 4. The van der Waals surface area contributed by atoms with Gasteiger partial charge in [0.1, 0.15) is 11.5 Å². The summed E-state index contributed by atoms with van der Waals surface area (Å²) in [5.74, 6) is 1.52. The molecule has 1 amide bonds. The fourth-order valence-corrected chi connectivity index (χ4v) is 3.93. The fraction of sp³-hybridized carbons (Fsp3) is 0.522. The molecule has 0 unspecified atom stereocenters. The van der Waals surface area contributed by atoms with E-state index in [2.05, 4.69) is 59.0 Å². The molecule has 3 rings (SSSR count). The van der Waals surface area contributed by atoms with E-state index in [0.29, 0.717) is 11.6 Å². The van der Waals surface area contributed by atoms with Gasteiger partial charge in [-0.3, -0.25) is 4.79 Å². The monoisotopic (exact) mass is 380 g/mol. The zero-order valence-corrected chi connectivity index (χ0v) is 17.2. The van der Waals surface area contributed by atoms with Crippen molar-refractivity contribution in [2.45, 2.75) is 46.0 Å². The molecule has 0 spiro atoms. The fourth-order valence-electron chi connectivity index (χ4n) is 3.93. The van der Waals surface area contributed by atoms with Crippen LogP contribution < -0.4 is 4.90 Å². The minimum atomic E-state index is 0.00902. The van der Waals surface area contributed by atoms with E-state index in [4.69, 9.17) is 0 Å². The number of aromatic nitrogens is 2. The second-order valence-electron chi connectivity index (χ2n) is 7.67. The Balaban J connectivity index is 1.54. The van der Waals surface area contributed by atoms with Gasteiger partial charge in [-0.1, -0.05) is 44.2 Å². The molecule has 0 saturated carbocycles. The number of piperidine rings is 1. The van der Waals surface area contributed by atoms with Crippen molar-refractivity contribution in [3.05, 3.63) is 54.0 Å². The van der Waals surface area contributed by atoms with Crippen molar-refractivity contribution in [3.63, 3.8) is 0 Å². The van der Waals surface area contributed by atoms with E-state index in [9.17, 15) is 4.79 Å². The van der Waals surface area contributed by atoms with Gasteiger partial charge in [-0.15, -0.1) is 0 Å². The molecule has 2 heterocycles. The number of likely N-dealkylation sites (tertiary alicyclic amines) is 1. The van der Waals surface area contributed by atoms with Gasteiger partial charge in [-0.2, -0.15) is 0 Å². The highest BCUT2D eigenvalue weighted by Gasteiger charge is 2.24. The molecule has 1 aliphatic rings. The first-order valence-electron chi connectivity index (χ1n) is 10.6. The van der Waals surface area contributed by atoms with Crippen molar-refractivity contribution >= 4 is 11.7 Å². The molecular weight excluding hydrogens is 348 g/mol. The van der Waals surface area contributed by atoms with Gasteiger partial charge in [0.05, 0.1) is 12.4 Å². The predicted octanol–water partition coefficient (Wildman–Crippen LogP) is 4.20. The summed E-state index contributed by atoms with van der Waals surface area (Å²) in [6, 6.07) is 10.6. The number of carbonyl (C=O) groups excluding carboxylic acids is 1. The Morgan fingerprint density at radius 3 is 2.29 bits per heavy atom. The zero-order valence-electron chi connectivity index (χ0n) is 17.2. The maximum Gasteiger partial charge on any atom is 0.274 e. The summed E-state index contributed by atoms with van der Waals surface area (Å²) >= 11 is 0. The Bertz CT molecular complexity index is 718. The summed E-state index contributed by atoms with van der Waals surface area (Å²) in [7, 11) is 0. The minimum absolute atomic E-state index is 0.00902. The Labute approximate surface area is 168 Å². The average Bonchev–Trinajstić information content (AvgIpc) is 2.74. The van der Waals surface area contributed by atoms with E-state index >= 15 is 0 Å². The molecule has 150 valence electrons. The van der Waals surface area contributed by atoms with Crippen molar-refractivity contribution in [2.24, 2.45) is 5.92 Å². The van der Waals surface area contributed by atoms with Gasteiger partial charge in [0.15, 0.2) is 0 Å². The third-order valence-corrected chi connectivity index (χ3v) is 5.44. The largest absolute Gasteiger partial charge is 0.355 e.